The van der Waals surface area contributed by atoms with E-state index in [-0.39, 0.29) is 11.8 Å². The lowest BCUT2D eigenvalue weighted by molar-refractivity contribution is 0.00243. The summed E-state index contributed by atoms with van der Waals surface area (Å²) in [6.45, 7) is 11.0. The Kier molecular flexibility index (Phi) is 9.09. The highest BCUT2D eigenvalue weighted by atomic mass is 19.1. The molecule has 0 bridgehead atoms. The molecule has 1 aliphatic heterocycles. The summed E-state index contributed by atoms with van der Waals surface area (Å²) >= 11 is 0. The Hall–Kier alpha value is -2.78. The maximum Gasteiger partial charge on any atom is 0.227 e. The van der Waals surface area contributed by atoms with Gasteiger partial charge in [-0.2, -0.15) is 5.10 Å². The van der Waals surface area contributed by atoms with Gasteiger partial charge in [0.2, 0.25) is 5.88 Å². The highest BCUT2D eigenvalue weighted by Gasteiger charge is 2.26. The van der Waals surface area contributed by atoms with Crippen LogP contribution in [0, 0.1) is 12.7 Å². The van der Waals surface area contributed by atoms with Gasteiger partial charge in [-0.25, -0.2) is 9.07 Å². The van der Waals surface area contributed by atoms with Gasteiger partial charge in [-0.15, -0.1) is 0 Å². The number of nitrogens with zero attached hydrogens (tertiary/aromatic N) is 4. The quantitative estimate of drug-likeness (QED) is 0.425. The number of hydrogen-bond donors (Lipinski definition) is 1. The van der Waals surface area contributed by atoms with Crippen molar-refractivity contribution in [2.75, 3.05) is 39.4 Å². The van der Waals surface area contributed by atoms with Gasteiger partial charge in [-0.3, -0.25) is 9.80 Å². The highest BCUT2D eigenvalue weighted by Crippen LogP contribution is 2.33. The molecule has 2 atom stereocenters. The average Bonchev–Trinajstić information content (AvgIpc) is 3.20. The summed E-state index contributed by atoms with van der Waals surface area (Å²) < 4.78 is 27.9. The predicted octanol–water partition coefficient (Wildman–Crippen LogP) is 4.41. The first-order valence-electron chi connectivity index (χ1n) is 12.7. The number of morpholine rings is 1. The summed E-state index contributed by atoms with van der Waals surface area (Å²) in [4.78, 5) is 4.51. The Morgan fingerprint density at radius 3 is 2.50 bits per heavy atom. The third-order valence-corrected chi connectivity index (χ3v) is 6.77. The van der Waals surface area contributed by atoms with Crippen LogP contribution in [0.5, 0.6) is 11.6 Å². The molecule has 2 heterocycles. The van der Waals surface area contributed by atoms with Crippen LogP contribution in [-0.4, -0.2) is 76.2 Å². The van der Waals surface area contributed by atoms with Gasteiger partial charge in [0.15, 0.2) is 11.6 Å². The second kappa shape index (κ2) is 12.5. The van der Waals surface area contributed by atoms with Gasteiger partial charge in [-0.1, -0.05) is 37.3 Å². The van der Waals surface area contributed by atoms with Crippen LogP contribution < -0.4 is 4.74 Å². The molecule has 0 unspecified atom stereocenters. The third kappa shape index (κ3) is 6.50. The molecule has 1 aromatic heterocycles. The number of aliphatic hydroxyl groups is 1. The van der Waals surface area contributed by atoms with E-state index in [2.05, 4.69) is 23.6 Å². The molecule has 0 aliphatic carbocycles. The zero-order valence-corrected chi connectivity index (χ0v) is 21.4. The molecule has 36 heavy (non-hydrogen) atoms. The van der Waals surface area contributed by atoms with Gasteiger partial charge < -0.3 is 14.6 Å². The highest BCUT2D eigenvalue weighted by molar-refractivity contribution is 5.43. The van der Waals surface area contributed by atoms with Crippen LogP contribution in [0.25, 0.3) is 5.69 Å². The second-order valence-corrected chi connectivity index (χ2v) is 9.40. The van der Waals surface area contributed by atoms with Crippen molar-refractivity contribution in [1.29, 1.82) is 0 Å². The summed E-state index contributed by atoms with van der Waals surface area (Å²) in [6.07, 6.45) is 0.428. The second-order valence-electron chi connectivity index (χ2n) is 9.40. The Balaban J connectivity index is 1.63. The first kappa shape index (κ1) is 26.3. The van der Waals surface area contributed by atoms with Crippen molar-refractivity contribution in [1.82, 2.24) is 19.6 Å². The van der Waals surface area contributed by atoms with Crippen LogP contribution in [0.4, 0.5) is 4.39 Å². The van der Waals surface area contributed by atoms with Gasteiger partial charge in [0, 0.05) is 38.8 Å². The molecule has 1 fully saturated rings. The van der Waals surface area contributed by atoms with Crippen molar-refractivity contribution >= 4 is 0 Å². The number of benzene rings is 2. The van der Waals surface area contributed by atoms with E-state index >= 15 is 0 Å². The SMILES string of the molecule is CC[C@H](C)N(Cc1c(C)nn(-c2ccccc2)c1Oc1ccccc1F)C[C@H](O)CN1CCOCC1. The van der Waals surface area contributed by atoms with E-state index in [1.165, 1.54) is 6.07 Å². The number of aryl methyl sites for hydroxylation is 1. The summed E-state index contributed by atoms with van der Waals surface area (Å²) in [6, 6.07) is 16.3. The zero-order chi connectivity index (χ0) is 25.5. The molecule has 0 radical (unpaired) electrons. The summed E-state index contributed by atoms with van der Waals surface area (Å²) in [5, 5.41) is 15.7. The molecule has 194 valence electrons. The molecule has 1 saturated heterocycles. The molecule has 7 nitrogen and oxygen atoms in total. The number of aliphatic hydroxyl groups excluding tert-OH is 1. The fraction of sp³-hybridized carbons (Fsp3) is 0.464. The van der Waals surface area contributed by atoms with Crippen molar-refractivity contribution in [2.24, 2.45) is 0 Å². The molecule has 8 heteroatoms. The largest absolute Gasteiger partial charge is 0.435 e. The Morgan fingerprint density at radius 2 is 1.81 bits per heavy atom. The Bertz CT molecular complexity index is 1100. The molecule has 1 N–H and O–H groups in total. The summed E-state index contributed by atoms with van der Waals surface area (Å²) in [5.74, 6) is 0.208. The number of ether oxygens (including phenoxy) is 2. The molecule has 1 aliphatic rings. The van der Waals surface area contributed by atoms with Crippen LogP contribution >= 0.6 is 0 Å². The van der Waals surface area contributed by atoms with Crippen molar-refractivity contribution < 1.29 is 19.0 Å². The predicted molar refractivity (Wildman–Crippen MR) is 138 cm³/mol. The maximum atomic E-state index is 14.6. The van der Waals surface area contributed by atoms with E-state index in [0.717, 1.165) is 36.5 Å². The topological polar surface area (TPSA) is 63.0 Å². The van der Waals surface area contributed by atoms with E-state index in [1.807, 2.05) is 37.3 Å². The number of rotatable bonds is 11. The van der Waals surface area contributed by atoms with Crippen LogP contribution in [0.1, 0.15) is 31.5 Å². The molecular formula is C28H37FN4O3. The fourth-order valence-corrected chi connectivity index (χ4v) is 4.47. The lowest BCUT2D eigenvalue weighted by atomic mass is 10.1. The summed E-state index contributed by atoms with van der Waals surface area (Å²) in [5.41, 5.74) is 2.52. The number of halogens is 1. The van der Waals surface area contributed by atoms with Gasteiger partial charge >= 0.3 is 0 Å². The first-order chi connectivity index (χ1) is 17.5. The minimum atomic E-state index is -0.502. The van der Waals surface area contributed by atoms with Crippen molar-refractivity contribution in [3.05, 3.63) is 71.7 Å². The molecule has 3 aromatic rings. The smallest absolute Gasteiger partial charge is 0.227 e. The molecule has 2 aromatic carbocycles. The fourth-order valence-electron chi connectivity index (χ4n) is 4.47. The minimum absolute atomic E-state index is 0.151. The number of para-hydroxylation sites is 2. The van der Waals surface area contributed by atoms with Crippen LogP contribution in [0.15, 0.2) is 54.6 Å². The Morgan fingerprint density at radius 1 is 1.11 bits per heavy atom. The average molecular weight is 497 g/mol. The summed E-state index contributed by atoms with van der Waals surface area (Å²) in [7, 11) is 0. The van der Waals surface area contributed by atoms with Gasteiger partial charge in [0.05, 0.1) is 36.3 Å². The van der Waals surface area contributed by atoms with E-state index < -0.39 is 11.9 Å². The maximum absolute atomic E-state index is 14.6. The molecule has 0 saturated carbocycles. The van der Waals surface area contributed by atoms with Crippen molar-refractivity contribution in [2.45, 2.75) is 45.9 Å². The zero-order valence-electron chi connectivity index (χ0n) is 21.4. The lowest BCUT2D eigenvalue weighted by Gasteiger charge is -2.33. The number of β-amino-alcohol motifs (C(OH)–C–C–N with tert-alkyl or cyclic N) is 1. The molecule has 0 spiro atoms. The Labute approximate surface area is 213 Å². The van der Waals surface area contributed by atoms with Gasteiger partial charge in [-0.05, 0) is 44.5 Å². The van der Waals surface area contributed by atoms with Crippen LogP contribution in [-0.2, 0) is 11.3 Å². The van der Waals surface area contributed by atoms with E-state index in [4.69, 9.17) is 14.6 Å². The van der Waals surface area contributed by atoms with Crippen molar-refractivity contribution in [3.63, 3.8) is 0 Å². The van der Waals surface area contributed by atoms with E-state index in [9.17, 15) is 9.50 Å². The molecule has 0 amide bonds. The van der Waals surface area contributed by atoms with Gasteiger partial charge in [0.1, 0.15) is 0 Å². The molecule has 4 rings (SSSR count). The monoisotopic (exact) mass is 496 g/mol. The minimum Gasteiger partial charge on any atom is -0.435 e. The normalized spacial score (nSPS) is 16.3. The van der Waals surface area contributed by atoms with Crippen molar-refractivity contribution in [3.8, 4) is 17.3 Å². The van der Waals surface area contributed by atoms with E-state index in [0.29, 0.717) is 38.7 Å². The molecular weight excluding hydrogens is 459 g/mol. The third-order valence-electron chi connectivity index (χ3n) is 6.77. The number of hydrogen-bond acceptors (Lipinski definition) is 6. The van der Waals surface area contributed by atoms with Crippen LogP contribution in [0.2, 0.25) is 0 Å². The van der Waals surface area contributed by atoms with Crippen LogP contribution in [0.3, 0.4) is 0 Å². The van der Waals surface area contributed by atoms with E-state index in [1.54, 1.807) is 22.9 Å². The lowest BCUT2D eigenvalue weighted by Crippen LogP contribution is -2.46. The first-order valence-corrected chi connectivity index (χ1v) is 12.7. The number of aromatic nitrogens is 2. The standard InChI is InChI=1S/C28H37FN4O3/c1-4-21(2)32(19-24(34)18-31-14-16-35-17-15-31)20-25-22(3)30-33(23-10-6-5-7-11-23)28(25)36-27-13-9-8-12-26(27)29/h5-13,21,24,34H,4,14-20H2,1-3H3/t21-,24+/m0/s1. The van der Waals surface area contributed by atoms with Gasteiger partial charge in [0.25, 0.3) is 0 Å².